The second-order valence-corrected chi connectivity index (χ2v) is 9.42. The molecule has 3 heterocycles. The number of carbonyl (C=O) groups excluding carboxylic acids is 1. The molecule has 2 atom stereocenters. The van der Waals surface area contributed by atoms with Gasteiger partial charge < -0.3 is 19.5 Å². The predicted molar refractivity (Wildman–Crippen MR) is 146 cm³/mol. The van der Waals surface area contributed by atoms with Crippen LogP contribution in [0.3, 0.4) is 0 Å². The van der Waals surface area contributed by atoms with E-state index < -0.39 is 0 Å². The summed E-state index contributed by atoms with van der Waals surface area (Å²) in [6.45, 7) is 6.30. The standard InChI is InChI=1S/C29H28N4O2S/c1-18-8-12-23(13-9-18)33-27(26(31-29(33)36)25-7-5-6-16-30-25)24-17-19(2)32(20(24)3)22-14-10-21(11-15-22)28(34)35-4/h5-17,26-27H,1-4H3,(H,31,36)/t26-,27+/m0/s1. The second-order valence-electron chi connectivity index (χ2n) is 9.03. The van der Waals surface area contributed by atoms with Crippen LogP contribution < -0.4 is 10.2 Å². The molecule has 0 spiro atoms. The molecular weight excluding hydrogens is 468 g/mol. The Balaban J connectivity index is 1.63. The summed E-state index contributed by atoms with van der Waals surface area (Å²) in [7, 11) is 1.39. The lowest BCUT2D eigenvalue weighted by atomic mass is 9.96. The minimum Gasteiger partial charge on any atom is -0.465 e. The SMILES string of the molecule is COC(=O)c1ccc(-n2c(C)cc([C@@H]3[C@H](c4ccccn4)NC(=S)N3c3ccc(C)cc3)c2C)cc1. The summed E-state index contributed by atoms with van der Waals surface area (Å²) in [5.41, 5.74) is 8.03. The second kappa shape index (κ2) is 9.59. The van der Waals surface area contributed by atoms with Crippen LogP contribution in [0.15, 0.2) is 79.0 Å². The van der Waals surface area contributed by atoms with Crippen molar-refractivity contribution in [2.75, 3.05) is 12.0 Å². The molecule has 0 bridgehead atoms. The van der Waals surface area contributed by atoms with Gasteiger partial charge in [-0.15, -0.1) is 0 Å². The van der Waals surface area contributed by atoms with Gasteiger partial charge in [0.25, 0.3) is 0 Å². The van der Waals surface area contributed by atoms with Gasteiger partial charge in [0.15, 0.2) is 5.11 Å². The predicted octanol–water partition coefficient (Wildman–Crippen LogP) is 5.76. The summed E-state index contributed by atoms with van der Waals surface area (Å²) in [5, 5.41) is 4.21. The minimum atomic E-state index is -0.347. The van der Waals surface area contributed by atoms with E-state index in [9.17, 15) is 4.79 Å². The Morgan fingerprint density at radius 1 is 0.972 bits per heavy atom. The number of carbonyl (C=O) groups is 1. The Kier molecular flexibility index (Phi) is 6.33. The van der Waals surface area contributed by atoms with Crippen molar-refractivity contribution in [3.8, 4) is 5.69 Å². The van der Waals surface area contributed by atoms with Gasteiger partial charge >= 0.3 is 5.97 Å². The quantitative estimate of drug-likeness (QED) is 0.280. The molecule has 0 amide bonds. The highest BCUT2D eigenvalue weighted by molar-refractivity contribution is 7.80. The molecule has 1 saturated heterocycles. The molecule has 0 saturated carbocycles. The van der Waals surface area contributed by atoms with Gasteiger partial charge in [-0.25, -0.2) is 4.79 Å². The number of aromatic nitrogens is 2. The zero-order valence-corrected chi connectivity index (χ0v) is 21.5. The number of methoxy groups -OCH3 is 1. The summed E-state index contributed by atoms with van der Waals surface area (Å²) in [4.78, 5) is 18.8. The highest BCUT2D eigenvalue weighted by atomic mass is 32.1. The van der Waals surface area contributed by atoms with Crippen LogP contribution in [0.2, 0.25) is 0 Å². The fraction of sp³-hybridized carbons (Fsp3) is 0.207. The molecule has 1 aliphatic rings. The fourth-order valence-corrected chi connectivity index (χ4v) is 5.35. The van der Waals surface area contributed by atoms with Gasteiger partial charge in [-0.2, -0.15) is 0 Å². The first-order chi connectivity index (χ1) is 17.4. The highest BCUT2D eigenvalue weighted by Gasteiger charge is 2.42. The molecule has 0 unspecified atom stereocenters. The molecular formula is C29H28N4O2S. The van der Waals surface area contributed by atoms with Gasteiger partial charge in [-0.1, -0.05) is 23.8 Å². The molecule has 2 aromatic heterocycles. The van der Waals surface area contributed by atoms with Gasteiger partial charge in [-0.3, -0.25) is 4.98 Å². The number of hydrogen-bond donors (Lipinski definition) is 1. The van der Waals surface area contributed by atoms with E-state index in [1.165, 1.54) is 12.7 Å². The lowest BCUT2D eigenvalue weighted by Gasteiger charge is -2.28. The van der Waals surface area contributed by atoms with Crippen LogP contribution in [0.25, 0.3) is 5.69 Å². The van der Waals surface area contributed by atoms with Crippen molar-refractivity contribution in [2.45, 2.75) is 32.9 Å². The largest absolute Gasteiger partial charge is 0.465 e. The van der Waals surface area contributed by atoms with Crippen LogP contribution in [0.4, 0.5) is 5.69 Å². The summed E-state index contributed by atoms with van der Waals surface area (Å²) in [6.07, 6.45) is 1.82. The molecule has 7 heteroatoms. The normalized spacial score (nSPS) is 17.2. The summed E-state index contributed by atoms with van der Waals surface area (Å²) < 4.78 is 7.06. The third-order valence-electron chi connectivity index (χ3n) is 6.75. The van der Waals surface area contributed by atoms with Crippen LogP contribution in [-0.2, 0) is 4.74 Å². The number of hydrogen-bond acceptors (Lipinski definition) is 4. The van der Waals surface area contributed by atoms with E-state index in [1.807, 2.05) is 36.5 Å². The third-order valence-corrected chi connectivity index (χ3v) is 7.06. The number of benzene rings is 2. The first kappa shape index (κ1) is 23.8. The van der Waals surface area contributed by atoms with E-state index in [4.69, 9.17) is 17.0 Å². The van der Waals surface area contributed by atoms with Gasteiger partial charge in [0.2, 0.25) is 0 Å². The van der Waals surface area contributed by atoms with E-state index in [1.54, 1.807) is 12.1 Å². The summed E-state index contributed by atoms with van der Waals surface area (Å²) in [6, 6.07) is 23.9. The zero-order chi connectivity index (χ0) is 25.4. The molecule has 6 nitrogen and oxygen atoms in total. The number of thiocarbonyl (C=S) groups is 1. The molecule has 4 aromatic rings. The molecule has 1 N–H and O–H groups in total. The molecule has 36 heavy (non-hydrogen) atoms. The van der Waals surface area contributed by atoms with E-state index >= 15 is 0 Å². The number of rotatable bonds is 5. The van der Waals surface area contributed by atoms with Crippen molar-refractivity contribution in [1.82, 2.24) is 14.9 Å². The average Bonchev–Trinajstić information content (AvgIpc) is 3.39. The molecule has 2 aromatic carbocycles. The van der Waals surface area contributed by atoms with E-state index in [0.717, 1.165) is 34.0 Å². The van der Waals surface area contributed by atoms with Gasteiger partial charge in [0, 0.05) is 29.0 Å². The minimum absolute atomic E-state index is 0.0931. The van der Waals surface area contributed by atoms with Crippen molar-refractivity contribution in [2.24, 2.45) is 0 Å². The molecule has 1 fully saturated rings. The Labute approximate surface area is 216 Å². The molecule has 0 aliphatic carbocycles. The number of nitrogens with zero attached hydrogens (tertiary/aromatic N) is 3. The lowest BCUT2D eigenvalue weighted by molar-refractivity contribution is 0.0600. The summed E-state index contributed by atoms with van der Waals surface area (Å²) >= 11 is 5.87. The van der Waals surface area contributed by atoms with Crippen LogP contribution in [0.5, 0.6) is 0 Å². The van der Waals surface area contributed by atoms with Gasteiger partial charge in [-0.05, 0) is 93.1 Å². The smallest absolute Gasteiger partial charge is 0.337 e. The number of esters is 1. The van der Waals surface area contributed by atoms with Crippen LogP contribution >= 0.6 is 12.2 Å². The maximum atomic E-state index is 11.9. The van der Waals surface area contributed by atoms with Crippen LogP contribution in [0.1, 0.15) is 50.7 Å². The third kappa shape index (κ3) is 4.16. The van der Waals surface area contributed by atoms with Crippen LogP contribution in [0, 0.1) is 20.8 Å². The van der Waals surface area contributed by atoms with Crippen molar-refractivity contribution < 1.29 is 9.53 Å². The Bertz CT molecular complexity index is 1410. The fourth-order valence-electron chi connectivity index (χ4n) is 5.00. The Morgan fingerprint density at radius 2 is 1.67 bits per heavy atom. The monoisotopic (exact) mass is 496 g/mol. The van der Waals surface area contributed by atoms with Gasteiger partial charge in [0.1, 0.15) is 0 Å². The Morgan fingerprint density at radius 3 is 2.31 bits per heavy atom. The molecule has 182 valence electrons. The van der Waals surface area contributed by atoms with Crippen molar-refractivity contribution in [3.05, 3.63) is 113 Å². The number of pyridine rings is 1. The van der Waals surface area contributed by atoms with Crippen LogP contribution in [-0.4, -0.2) is 27.7 Å². The van der Waals surface area contributed by atoms with E-state index in [-0.39, 0.29) is 18.1 Å². The van der Waals surface area contributed by atoms with Crippen molar-refractivity contribution in [1.29, 1.82) is 0 Å². The highest BCUT2D eigenvalue weighted by Crippen LogP contribution is 2.43. The van der Waals surface area contributed by atoms with Crippen molar-refractivity contribution >= 4 is 29.0 Å². The molecule has 1 aliphatic heterocycles. The Hall–Kier alpha value is -3.97. The maximum Gasteiger partial charge on any atom is 0.337 e. The zero-order valence-electron chi connectivity index (χ0n) is 20.7. The molecule has 5 rings (SSSR count). The maximum absolute atomic E-state index is 11.9. The average molecular weight is 497 g/mol. The number of ether oxygens (including phenoxy) is 1. The summed E-state index contributed by atoms with van der Waals surface area (Å²) in [5.74, 6) is -0.347. The first-order valence-corrected chi connectivity index (χ1v) is 12.2. The lowest BCUT2D eigenvalue weighted by Crippen LogP contribution is -2.29. The van der Waals surface area contributed by atoms with Crippen molar-refractivity contribution in [3.63, 3.8) is 0 Å². The first-order valence-electron chi connectivity index (χ1n) is 11.8. The number of anilines is 1. The molecule has 0 radical (unpaired) electrons. The van der Waals surface area contributed by atoms with E-state index in [2.05, 4.69) is 70.9 Å². The van der Waals surface area contributed by atoms with E-state index in [0.29, 0.717) is 10.7 Å². The van der Waals surface area contributed by atoms with Gasteiger partial charge in [0.05, 0.1) is 30.5 Å². The number of nitrogens with one attached hydrogen (secondary N) is 1. The number of aryl methyl sites for hydroxylation is 2. The topological polar surface area (TPSA) is 59.4 Å².